The van der Waals surface area contributed by atoms with Gasteiger partial charge in [0.25, 0.3) is 0 Å². The molecule has 0 aromatic carbocycles. The van der Waals surface area contributed by atoms with Gasteiger partial charge in [-0.05, 0) is 44.1 Å². The molecule has 1 heterocycles. The molecule has 100 valence electrons. The van der Waals surface area contributed by atoms with E-state index in [4.69, 9.17) is 5.73 Å². The van der Waals surface area contributed by atoms with E-state index in [9.17, 15) is 4.79 Å². The van der Waals surface area contributed by atoms with Gasteiger partial charge in [-0.25, -0.2) is 0 Å². The molecule has 0 spiro atoms. The van der Waals surface area contributed by atoms with Gasteiger partial charge in [-0.1, -0.05) is 20.8 Å². The second kappa shape index (κ2) is 6.39. The highest BCUT2D eigenvalue weighted by Crippen LogP contribution is 2.37. The lowest BCUT2D eigenvalue weighted by atomic mass is 9.82. The maximum absolute atomic E-state index is 12.3. The van der Waals surface area contributed by atoms with Crippen molar-refractivity contribution in [3.8, 4) is 0 Å². The first kappa shape index (κ1) is 14.5. The summed E-state index contributed by atoms with van der Waals surface area (Å²) in [7, 11) is 0. The van der Waals surface area contributed by atoms with Crippen LogP contribution in [-0.4, -0.2) is 30.4 Å². The maximum Gasteiger partial charge on any atom is 0.225 e. The molecule has 1 aliphatic heterocycles. The quantitative estimate of drug-likeness (QED) is 0.775. The summed E-state index contributed by atoms with van der Waals surface area (Å²) in [6.45, 7) is 9.13. The van der Waals surface area contributed by atoms with Gasteiger partial charge < -0.3 is 10.6 Å². The minimum Gasteiger partial charge on any atom is -0.342 e. The third-order valence-electron chi connectivity index (χ3n) is 4.51. The van der Waals surface area contributed by atoms with Crippen molar-refractivity contribution in [3.05, 3.63) is 0 Å². The molecule has 1 atom stereocenters. The molecule has 1 amide bonds. The highest BCUT2D eigenvalue weighted by molar-refractivity contribution is 5.78. The van der Waals surface area contributed by atoms with E-state index in [1.54, 1.807) is 0 Å². The van der Waals surface area contributed by atoms with Crippen LogP contribution in [0.1, 0.15) is 52.9 Å². The first-order chi connectivity index (χ1) is 8.08. The SMILES string of the molecule is CCC1(CC)CCN(C(=O)C(C)CCCN)C1. The molecule has 17 heavy (non-hydrogen) atoms. The van der Waals surface area contributed by atoms with E-state index >= 15 is 0 Å². The average Bonchev–Trinajstić information content (AvgIpc) is 2.80. The van der Waals surface area contributed by atoms with Crippen molar-refractivity contribution in [3.63, 3.8) is 0 Å². The molecule has 1 fully saturated rings. The molecule has 0 saturated carbocycles. The van der Waals surface area contributed by atoms with Gasteiger partial charge in [0.2, 0.25) is 5.91 Å². The molecule has 1 aliphatic rings. The monoisotopic (exact) mass is 240 g/mol. The lowest BCUT2D eigenvalue weighted by Crippen LogP contribution is -2.35. The van der Waals surface area contributed by atoms with E-state index in [0.29, 0.717) is 17.9 Å². The van der Waals surface area contributed by atoms with Crippen molar-refractivity contribution in [1.82, 2.24) is 4.90 Å². The van der Waals surface area contributed by atoms with Gasteiger partial charge in [0.1, 0.15) is 0 Å². The van der Waals surface area contributed by atoms with Crippen molar-refractivity contribution in [2.45, 2.75) is 52.9 Å². The van der Waals surface area contributed by atoms with Crippen LogP contribution in [0.15, 0.2) is 0 Å². The van der Waals surface area contributed by atoms with Crippen molar-refractivity contribution in [2.24, 2.45) is 17.1 Å². The Kier molecular flexibility index (Phi) is 5.44. The molecule has 0 aromatic heterocycles. The van der Waals surface area contributed by atoms with E-state index in [0.717, 1.165) is 25.9 Å². The summed E-state index contributed by atoms with van der Waals surface area (Å²) in [5, 5.41) is 0. The van der Waals surface area contributed by atoms with E-state index in [1.165, 1.54) is 19.3 Å². The molecule has 1 saturated heterocycles. The zero-order chi connectivity index (χ0) is 12.9. The molecule has 3 heteroatoms. The van der Waals surface area contributed by atoms with Gasteiger partial charge in [0.05, 0.1) is 0 Å². The van der Waals surface area contributed by atoms with Crippen molar-refractivity contribution in [1.29, 1.82) is 0 Å². The molecule has 0 radical (unpaired) electrons. The fourth-order valence-electron chi connectivity index (χ4n) is 2.81. The Hall–Kier alpha value is -0.570. The largest absolute Gasteiger partial charge is 0.342 e. The highest BCUT2D eigenvalue weighted by atomic mass is 16.2. The van der Waals surface area contributed by atoms with Crippen LogP contribution in [0.4, 0.5) is 0 Å². The summed E-state index contributed by atoms with van der Waals surface area (Å²) in [6, 6.07) is 0. The number of nitrogens with zero attached hydrogens (tertiary/aromatic N) is 1. The van der Waals surface area contributed by atoms with E-state index in [1.807, 2.05) is 6.92 Å². The topological polar surface area (TPSA) is 46.3 Å². The Morgan fingerprint density at radius 2 is 2.06 bits per heavy atom. The molecule has 0 aliphatic carbocycles. The second-order valence-electron chi connectivity index (χ2n) is 5.55. The fraction of sp³-hybridized carbons (Fsp3) is 0.929. The van der Waals surface area contributed by atoms with Crippen molar-refractivity contribution < 1.29 is 4.79 Å². The first-order valence-corrected chi connectivity index (χ1v) is 7.07. The Bertz CT molecular complexity index is 249. The average molecular weight is 240 g/mol. The minimum absolute atomic E-state index is 0.142. The zero-order valence-corrected chi connectivity index (χ0v) is 11.7. The van der Waals surface area contributed by atoms with E-state index in [2.05, 4.69) is 18.7 Å². The van der Waals surface area contributed by atoms with Gasteiger partial charge in [-0.2, -0.15) is 0 Å². The van der Waals surface area contributed by atoms with Crippen LogP contribution in [0.3, 0.4) is 0 Å². The molecular weight excluding hydrogens is 212 g/mol. The molecular formula is C14H28N2O. The molecule has 1 unspecified atom stereocenters. The Balaban J connectivity index is 2.50. The van der Waals surface area contributed by atoms with Crippen LogP contribution >= 0.6 is 0 Å². The zero-order valence-electron chi connectivity index (χ0n) is 11.7. The van der Waals surface area contributed by atoms with Crippen LogP contribution in [0.25, 0.3) is 0 Å². The highest BCUT2D eigenvalue weighted by Gasteiger charge is 2.37. The van der Waals surface area contributed by atoms with Crippen molar-refractivity contribution in [2.75, 3.05) is 19.6 Å². The van der Waals surface area contributed by atoms with Crippen LogP contribution in [0.2, 0.25) is 0 Å². The number of hydrogen-bond donors (Lipinski definition) is 1. The molecule has 2 N–H and O–H groups in total. The lowest BCUT2D eigenvalue weighted by molar-refractivity contribution is -0.134. The van der Waals surface area contributed by atoms with Gasteiger partial charge in [0.15, 0.2) is 0 Å². The standard InChI is InChI=1S/C14H28N2O/c1-4-14(5-2)8-10-16(11-14)13(17)12(3)7-6-9-15/h12H,4-11,15H2,1-3H3. The summed E-state index contributed by atoms with van der Waals surface area (Å²) < 4.78 is 0. The number of nitrogens with two attached hydrogens (primary N) is 1. The van der Waals surface area contributed by atoms with Gasteiger partial charge in [0, 0.05) is 19.0 Å². The Morgan fingerprint density at radius 1 is 1.41 bits per heavy atom. The third-order valence-corrected chi connectivity index (χ3v) is 4.51. The number of carbonyl (C=O) groups is 1. The van der Waals surface area contributed by atoms with Crippen LogP contribution < -0.4 is 5.73 Å². The summed E-state index contributed by atoms with van der Waals surface area (Å²) in [6.07, 6.45) is 5.43. The summed E-state index contributed by atoms with van der Waals surface area (Å²) in [5.74, 6) is 0.477. The second-order valence-corrected chi connectivity index (χ2v) is 5.55. The molecule has 0 aromatic rings. The molecule has 1 rings (SSSR count). The van der Waals surface area contributed by atoms with Crippen LogP contribution in [0.5, 0.6) is 0 Å². The lowest BCUT2D eigenvalue weighted by Gasteiger charge is -2.27. The smallest absolute Gasteiger partial charge is 0.225 e. The number of rotatable bonds is 6. The van der Waals surface area contributed by atoms with Crippen LogP contribution in [0, 0.1) is 11.3 Å². The van der Waals surface area contributed by atoms with Gasteiger partial charge in [-0.3, -0.25) is 4.79 Å². The van der Waals surface area contributed by atoms with Gasteiger partial charge in [-0.15, -0.1) is 0 Å². The third kappa shape index (κ3) is 3.44. The van der Waals surface area contributed by atoms with E-state index < -0.39 is 0 Å². The molecule has 3 nitrogen and oxygen atoms in total. The maximum atomic E-state index is 12.3. The number of amides is 1. The number of hydrogen-bond acceptors (Lipinski definition) is 2. The van der Waals surface area contributed by atoms with Gasteiger partial charge >= 0.3 is 0 Å². The minimum atomic E-state index is 0.142. The van der Waals surface area contributed by atoms with Crippen LogP contribution in [-0.2, 0) is 4.79 Å². The Labute approximate surface area is 106 Å². The molecule has 0 bridgehead atoms. The summed E-state index contributed by atoms with van der Waals surface area (Å²) >= 11 is 0. The summed E-state index contributed by atoms with van der Waals surface area (Å²) in [4.78, 5) is 14.3. The Morgan fingerprint density at radius 3 is 2.53 bits per heavy atom. The predicted octanol–water partition coefficient (Wildman–Crippen LogP) is 2.40. The predicted molar refractivity (Wildman–Crippen MR) is 71.7 cm³/mol. The first-order valence-electron chi connectivity index (χ1n) is 7.07. The van der Waals surface area contributed by atoms with E-state index in [-0.39, 0.29) is 5.92 Å². The summed E-state index contributed by atoms with van der Waals surface area (Å²) in [5.41, 5.74) is 5.88. The normalized spacial score (nSPS) is 20.6. The fourth-order valence-corrected chi connectivity index (χ4v) is 2.81. The van der Waals surface area contributed by atoms with Crippen molar-refractivity contribution >= 4 is 5.91 Å². The number of carbonyl (C=O) groups excluding carboxylic acids is 1. The number of likely N-dealkylation sites (tertiary alicyclic amines) is 1.